The number of piperidine rings is 1. The smallest absolute Gasteiger partial charge is 0.246 e. The maximum Gasteiger partial charge on any atom is 0.246 e. The zero-order valence-electron chi connectivity index (χ0n) is 18.9. The lowest BCUT2D eigenvalue weighted by Crippen LogP contribution is -2.43. The fourth-order valence-electron chi connectivity index (χ4n) is 4.62. The minimum Gasteiger partial charge on any atom is -0.375 e. The van der Waals surface area contributed by atoms with Crippen LogP contribution in [-0.4, -0.2) is 42.6 Å². The molecule has 1 aliphatic heterocycles. The van der Waals surface area contributed by atoms with Crippen LogP contribution in [0.2, 0.25) is 0 Å². The Morgan fingerprint density at radius 3 is 2.73 bits per heavy atom. The van der Waals surface area contributed by atoms with E-state index >= 15 is 0 Å². The van der Waals surface area contributed by atoms with Crippen molar-refractivity contribution < 1.29 is 13.9 Å². The summed E-state index contributed by atoms with van der Waals surface area (Å²) < 4.78 is 18.7. The van der Waals surface area contributed by atoms with Gasteiger partial charge in [-0.15, -0.1) is 0 Å². The molecule has 0 saturated carbocycles. The molecule has 0 aliphatic carbocycles. The molecule has 1 saturated heterocycles. The Kier molecular flexibility index (Phi) is 7.81. The van der Waals surface area contributed by atoms with Gasteiger partial charge in [0.15, 0.2) is 0 Å². The lowest BCUT2D eigenvalue weighted by Gasteiger charge is -2.37. The third-order valence-corrected chi connectivity index (χ3v) is 6.10. The number of hydrogen-bond donors (Lipinski definition) is 1. The first-order chi connectivity index (χ1) is 16.1. The number of benzene rings is 2. The van der Waals surface area contributed by atoms with Crippen molar-refractivity contribution in [3.8, 4) is 11.1 Å². The van der Waals surface area contributed by atoms with E-state index in [9.17, 15) is 9.18 Å². The van der Waals surface area contributed by atoms with Crippen LogP contribution < -0.4 is 5.32 Å². The monoisotopic (exact) mass is 447 g/mol. The molecule has 2 unspecified atom stereocenters. The molecule has 33 heavy (non-hydrogen) atoms. The molecule has 172 valence electrons. The number of carbonyl (C=O) groups is 1. The first-order valence-electron chi connectivity index (χ1n) is 11.4. The number of nitrogens with one attached hydrogen (secondary N) is 1. The van der Waals surface area contributed by atoms with E-state index in [1.54, 1.807) is 18.3 Å². The van der Waals surface area contributed by atoms with Gasteiger partial charge in [-0.05, 0) is 72.3 Å². The fourth-order valence-corrected chi connectivity index (χ4v) is 4.62. The van der Waals surface area contributed by atoms with Crippen molar-refractivity contribution in [1.82, 2.24) is 15.2 Å². The van der Waals surface area contributed by atoms with Crippen molar-refractivity contribution >= 4 is 5.91 Å². The molecule has 0 spiro atoms. The average Bonchev–Trinajstić information content (AvgIpc) is 2.84. The largest absolute Gasteiger partial charge is 0.375 e. The Hall–Kier alpha value is -3.09. The highest BCUT2D eigenvalue weighted by Gasteiger charge is 2.30. The van der Waals surface area contributed by atoms with Gasteiger partial charge in [0, 0.05) is 26.4 Å². The summed E-state index contributed by atoms with van der Waals surface area (Å²) in [7, 11) is 1.52. The summed E-state index contributed by atoms with van der Waals surface area (Å²) >= 11 is 0. The molecule has 6 heteroatoms. The summed E-state index contributed by atoms with van der Waals surface area (Å²) in [6.07, 6.45) is 3.84. The van der Waals surface area contributed by atoms with Gasteiger partial charge in [-0.25, -0.2) is 4.39 Å². The highest BCUT2D eigenvalue weighted by atomic mass is 19.1. The molecule has 5 nitrogen and oxygen atoms in total. The number of aromatic nitrogens is 1. The molecule has 2 atom stereocenters. The van der Waals surface area contributed by atoms with Crippen LogP contribution in [0.15, 0.2) is 72.9 Å². The normalized spacial score (nSPS) is 17.5. The van der Waals surface area contributed by atoms with E-state index in [-0.39, 0.29) is 30.3 Å². The maximum atomic E-state index is 13.7. The van der Waals surface area contributed by atoms with Gasteiger partial charge in [-0.2, -0.15) is 0 Å². The Morgan fingerprint density at radius 2 is 1.97 bits per heavy atom. The van der Waals surface area contributed by atoms with Gasteiger partial charge in [0.1, 0.15) is 12.4 Å². The van der Waals surface area contributed by atoms with Gasteiger partial charge in [0.2, 0.25) is 5.91 Å². The van der Waals surface area contributed by atoms with E-state index in [1.165, 1.54) is 18.7 Å². The molecule has 3 aromatic rings. The predicted octanol–water partition coefficient (Wildman–Crippen LogP) is 4.60. The Bertz CT molecular complexity index is 1060. The van der Waals surface area contributed by atoms with E-state index in [0.717, 1.165) is 49.3 Å². The van der Waals surface area contributed by atoms with Gasteiger partial charge in [-0.3, -0.25) is 14.7 Å². The number of carbonyl (C=O) groups excluding carboxylic acids is 1. The molecule has 1 N–H and O–H groups in total. The summed E-state index contributed by atoms with van der Waals surface area (Å²) in [6.45, 7) is 2.70. The quantitative estimate of drug-likeness (QED) is 0.548. The molecule has 1 amide bonds. The lowest BCUT2D eigenvalue weighted by atomic mass is 9.88. The first-order valence-corrected chi connectivity index (χ1v) is 11.4. The third-order valence-electron chi connectivity index (χ3n) is 6.10. The predicted molar refractivity (Wildman–Crippen MR) is 127 cm³/mol. The number of rotatable bonds is 8. The third kappa shape index (κ3) is 6.24. The summed E-state index contributed by atoms with van der Waals surface area (Å²) in [5, 5.41) is 3.14. The second kappa shape index (κ2) is 11.2. The van der Waals surface area contributed by atoms with Crippen LogP contribution in [0.3, 0.4) is 0 Å². The number of methoxy groups -OCH3 is 1. The number of hydrogen-bond acceptors (Lipinski definition) is 4. The van der Waals surface area contributed by atoms with Crippen molar-refractivity contribution in [2.24, 2.45) is 5.92 Å². The Morgan fingerprint density at radius 1 is 1.15 bits per heavy atom. The fraction of sp³-hybridized carbons (Fsp3) is 0.333. The number of halogens is 1. The maximum absolute atomic E-state index is 13.7. The molecule has 1 aromatic heterocycles. The molecule has 2 heterocycles. The van der Waals surface area contributed by atoms with Crippen molar-refractivity contribution in [3.05, 3.63) is 90.0 Å². The summed E-state index contributed by atoms with van der Waals surface area (Å²) in [5.41, 5.74) is 3.96. The topological polar surface area (TPSA) is 54.5 Å². The molecule has 1 fully saturated rings. The number of pyridine rings is 1. The zero-order chi connectivity index (χ0) is 23.0. The second-order valence-electron chi connectivity index (χ2n) is 8.58. The van der Waals surface area contributed by atoms with Crippen LogP contribution in [0.4, 0.5) is 4.39 Å². The van der Waals surface area contributed by atoms with Crippen molar-refractivity contribution in [1.29, 1.82) is 0 Å². The SMILES string of the molecule is COCC(=O)NC(c1ccccn1)C1CCCN(Cc2cccc(-c3cccc(F)c3)c2)C1. The van der Waals surface area contributed by atoms with Crippen LogP contribution in [0.5, 0.6) is 0 Å². The van der Waals surface area contributed by atoms with Gasteiger partial charge >= 0.3 is 0 Å². The highest BCUT2D eigenvalue weighted by Crippen LogP contribution is 2.30. The average molecular weight is 448 g/mol. The van der Waals surface area contributed by atoms with Crippen LogP contribution in [-0.2, 0) is 16.1 Å². The minimum absolute atomic E-state index is 0.0344. The Labute approximate surface area is 194 Å². The highest BCUT2D eigenvalue weighted by molar-refractivity contribution is 5.77. The van der Waals surface area contributed by atoms with E-state index in [2.05, 4.69) is 27.3 Å². The summed E-state index contributed by atoms with van der Waals surface area (Å²) in [4.78, 5) is 19.3. The number of likely N-dealkylation sites (tertiary alicyclic amines) is 1. The second-order valence-corrected chi connectivity index (χ2v) is 8.58. The molecule has 0 radical (unpaired) electrons. The standard InChI is InChI=1S/C27H30FN3O2/c1-33-19-26(32)30-27(25-12-2-3-13-29-25)23-10-6-14-31(18-23)17-20-7-4-8-21(15-20)22-9-5-11-24(28)16-22/h2-5,7-9,11-13,15-16,23,27H,6,10,14,17-19H2,1H3,(H,30,32). The van der Waals surface area contributed by atoms with E-state index < -0.39 is 0 Å². The first kappa shape index (κ1) is 23.1. The Balaban J connectivity index is 1.48. The van der Waals surface area contributed by atoms with Gasteiger partial charge < -0.3 is 10.1 Å². The molecular formula is C27H30FN3O2. The van der Waals surface area contributed by atoms with E-state index in [4.69, 9.17) is 4.74 Å². The van der Waals surface area contributed by atoms with Crippen LogP contribution in [0.1, 0.15) is 30.1 Å². The van der Waals surface area contributed by atoms with Crippen LogP contribution in [0, 0.1) is 11.7 Å². The molecule has 0 bridgehead atoms. The molecule has 4 rings (SSSR count). The van der Waals surface area contributed by atoms with Crippen molar-refractivity contribution in [2.45, 2.75) is 25.4 Å². The van der Waals surface area contributed by atoms with E-state index in [1.807, 2.05) is 36.4 Å². The molecule has 2 aromatic carbocycles. The van der Waals surface area contributed by atoms with Gasteiger partial charge in [-0.1, -0.05) is 36.4 Å². The van der Waals surface area contributed by atoms with Crippen LogP contribution in [0.25, 0.3) is 11.1 Å². The number of nitrogens with zero attached hydrogens (tertiary/aromatic N) is 2. The zero-order valence-corrected chi connectivity index (χ0v) is 18.9. The van der Waals surface area contributed by atoms with Gasteiger partial charge in [0.05, 0.1) is 11.7 Å². The van der Waals surface area contributed by atoms with Crippen molar-refractivity contribution in [3.63, 3.8) is 0 Å². The minimum atomic E-state index is -0.229. The summed E-state index contributed by atoms with van der Waals surface area (Å²) in [5.74, 6) is -0.109. The van der Waals surface area contributed by atoms with Crippen LogP contribution >= 0.6 is 0 Å². The molecule has 1 aliphatic rings. The van der Waals surface area contributed by atoms with E-state index in [0.29, 0.717) is 0 Å². The van der Waals surface area contributed by atoms with Crippen molar-refractivity contribution in [2.75, 3.05) is 26.8 Å². The molecular weight excluding hydrogens is 417 g/mol. The number of amides is 1. The van der Waals surface area contributed by atoms with Gasteiger partial charge in [0.25, 0.3) is 0 Å². The lowest BCUT2D eigenvalue weighted by molar-refractivity contribution is -0.126. The summed E-state index contributed by atoms with van der Waals surface area (Å²) in [6, 6.07) is 20.6. The number of ether oxygens (including phenoxy) is 1.